The molecule has 0 saturated heterocycles. The number of nitrogens with one attached hydrogen (secondary N) is 1. The second-order valence-corrected chi connectivity index (χ2v) is 11.4. The standard InChI is InChI=1S/C28H32ClNO4S/c1-17(2)21-15-25(18(3)4)27(26(16-21)19(5)6)35(32,33)34-24-13-11-23(12-14-24)30-28(31)20-7-9-22(29)10-8-20/h7-19H,1-6H3,(H,30,31). The average molecular weight is 514 g/mol. The largest absolute Gasteiger partial charge is 0.379 e. The highest BCUT2D eigenvalue weighted by Crippen LogP contribution is 2.36. The van der Waals surface area contributed by atoms with E-state index in [9.17, 15) is 13.2 Å². The molecule has 7 heteroatoms. The molecule has 0 heterocycles. The van der Waals surface area contributed by atoms with Crippen LogP contribution in [-0.4, -0.2) is 14.3 Å². The zero-order valence-electron chi connectivity index (χ0n) is 20.9. The first-order valence-electron chi connectivity index (χ1n) is 11.7. The maximum absolute atomic E-state index is 13.5. The van der Waals surface area contributed by atoms with Crippen molar-refractivity contribution in [2.24, 2.45) is 0 Å². The van der Waals surface area contributed by atoms with Gasteiger partial charge in [0.25, 0.3) is 5.91 Å². The molecule has 0 saturated carbocycles. The van der Waals surface area contributed by atoms with Crippen LogP contribution in [0.15, 0.2) is 65.6 Å². The van der Waals surface area contributed by atoms with Crippen molar-refractivity contribution in [1.82, 2.24) is 0 Å². The molecule has 0 atom stereocenters. The Balaban J connectivity index is 1.89. The van der Waals surface area contributed by atoms with E-state index in [0.29, 0.717) is 16.3 Å². The van der Waals surface area contributed by atoms with Gasteiger partial charge < -0.3 is 9.50 Å². The number of hydrogen-bond donors (Lipinski definition) is 1. The molecule has 3 aromatic carbocycles. The maximum atomic E-state index is 13.5. The highest BCUT2D eigenvalue weighted by atomic mass is 35.5. The Morgan fingerprint density at radius 3 is 1.77 bits per heavy atom. The van der Waals surface area contributed by atoms with Crippen molar-refractivity contribution < 1.29 is 17.4 Å². The summed E-state index contributed by atoms with van der Waals surface area (Å²) in [7, 11) is -4.09. The first kappa shape index (κ1) is 26.8. The van der Waals surface area contributed by atoms with Crippen molar-refractivity contribution in [1.29, 1.82) is 0 Å². The molecular weight excluding hydrogens is 482 g/mol. The van der Waals surface area contributed by atoms with Crippen LogP contribution in [-0.2, 0) is 10.1 Å². The van der Waals surface area contributed by atoms with Gasteiger partial charge in [-0.05, 0) is 83.0 Å². The molecule has 0 aliphatic rings. The predicted molar refractivity (Wildman–Crippen MR) is 142 cm³/mol. The molecule has 0 fully saturated rings. The summed E-state index contributed by atoms with van der Waals surface area (Å²) in [6.07, 6.45) is 0. The molecule has 1 amide bonds. The van der Waals surface area contributed by atoms with Crippen molar-refractivity contribution in [3.8, 4) is 5.75 Å². The summed E-state index contributed by atoms with van der Waals surface area (Å²) in [5, 5.41) is 3.32. The Morgan fingerprint density at radius 2 is 1.31 bits per heavy atom. The summed E-state index contributed by atoms with van der Waals surface area (Å²) in [5.74, 6) is 0.163. The Hall–Kier alpha value is -2.83. The Bertz CT molecular complexity index is 1270. The quantitative estimate of drug-likeness (QED) is 0.313. The summed E-state index contributed by atoms with van der Waals surface area (Å²) in [6.45, 7) is 12.1. The van der Waals surface area contributed by atoms with Gasteiger partial charge in [-0.1, -0.05) is 65.3 Å². The van der Waals surface area contributed by atoms with Gasteiger partial charge in [-0.3, -0.25) is 4.79 Å². The van der Waals surface area contributed by atoms with E-state index in [4.69, 9.17) is 15.8 Å². The van der Waals surface area contributed by atoms with Gasteiger partial charge in [0.1, 0.15) is 10.6 Å². The highest BCUT2D eigenvalue weighted by Gasteiger charge is 2.28. The molecule has 0 aliphatic heterocycles. The number of carbonyl (C=O) groups is 1. The van der Waals surface area contributed by atoms with E-state index in [-0.39, 0.29) is 34.3 Å². The van der Waals surface area contributed by atoms with Crippen LogP contribution in [0.25, 0.3) is 0 Å². The summed E-state index contributed by atoms with van der Waals surface area (Å²) in [6, 6.07) is 16.8. The van der Waals surface area contributed by atoms with Crippen molar-refractivity contribution >= 4 is 33.3 Å². The van der Waals surface area contributed by atoms with Gasteiger partial charge in [-0.2, -0.15) is 8.42 Å². The fourth-order valence-corrected chi connectivity index (χ4v) is 5.49. The fraction of sp³-hybridized carbons (Fsp3) is 0.321. The van der Waals surface area contributed by atoms with Crippen LogP contribution in [0, 0.1) is 0 Å². The Morgan fingerprint density at radius 1 is 0.800 bits per heavy atom. The van der Waals surface area contributed by atoms with E-state index in [2.05, 4.69) is 19.2 Å². The lowest BCUT2D eigenvalue weighted by atomic mass is 9.89. The van der Waals surface area contributed by atoms with Crippen molar-refractivity contribution in [2.45, 2.75) is 64.2 Å². The van der Waals surface area contributed by atoms with E-state index in [1.165, 1.54) is 12.1 Å². The van der Waals surface area contributed by atoms with Gasteiger partial charge in [0.05, 0.1) is 0 Å². The van der Waals surface area contributed by atoms with Crippen LogP contribution in [0.4, 0.5) is 5.69 Å². The van der Waals surface area contributed by atoms with Crippen molar-refractivity contribution in [3.05, 3.63) is 87.9 Å². The smallest absolute Gasteiger partial charge is 0.339 e. The summed E-state index contributed by atoms with van der Waals surface area (Å²) < 4.78 is 32.6. The van der Waals surface area contributed by atoms with Gasteiger partial charge in [0.2, 0.25) is 0 Å². The lowest BCUT2D eigenvalue weighted by molar-refractivity contribution is 0.102. The third-order valence-corrected chi connectivity index (χ3v) is 7.39. The monoisotopic (exact) mass is 513 g/mol. The summed E-state index contributed by atoms with van der Waals surface area (Å²) in [4.78, 5) is 12.7. The van der Waals surface area contributed by atoms with Gasteiger partial charge in [0, 0.05) is 16.3 Å². The molecule has 3 rings (SSSR count). The zero-order chi connectivity index (χ0) is 25.9. The maximum Gasteiger partial charge on any atom is 0.339 e. The average Bonchev–Trinajstić information content (AvgIpc) is 2.79. The molecule has 5 nitrogen and oxygen atoms in total. The molecule has 3 aromatic rings. The van der Waals surface area contributed by atoms with E-state index < -0.39 is 10.1 Å². The zero-order valence-corrected chi connectivity index (χ0v) is 22.5. The molecule has 0 aliphatic carbocycles. The molecule has 35 heavy (non-hydrogen) atoms. The van der Waals surface area contributed by atoms with Crippen LogP contribution < -0.4 is 9.50 Å². The minimum absolute atomic E-state index is 0.00466. The number of rotatable bonds is 8. The van der Waals surface area contributed by atoms with Crippen LogP contribution in [0.5, 0.6) is 5.75 Å². The molecule has 186 valence electrons. The fourth-order valence-electron chi connectivity index (χ4n) is 3.74. The van der Waals surface area contributed by atoms with Crippen LogP contribution >= 0.6 is 11.6 Å². The highest BCUT2D eigenvalue weighted by molar-refractivity contribution is 7.87. The molecule has 0 aromatic heterocycles. The normalized spacial score (nSPS) is 11.8. The third kappa shape index (κ3) is 6.44. The molecule has 1 N–H and O–H groups in total. The molecule has 0 spiro atoms. The number of hydrogen-bond acceptors (Lipinski definition) is 4. The van der Waals surface area contributed by atoms with Crippen LogP contribution in [0.1, 0.15) is 86.3 Å². The van der Waals surface area contributed by atoms with E-state index in [1.807, 2.05) is 39.8 Å². The second kappa shape index (κ2) is 10.8. The first-order valence-corrected chi connectivity index (χ1v) is 13.5. The molecular formula is C28H32ClNO4S. The van der Waals surface area contributed by atoms with Gasteiger partial charge in [-0.15, -0.1) is 0 Å². The van der Waals surface area contributed by atoms with E-state index in [0.717, 1.165) is 16.7 Å². The number of anilines is 1. The number of amides is 1. The van der Waals surface area contributed by atoms with Crippen molar-refractivity contribution in [2.75, 3.05) is 5.32 Å². The lowest BCUT2D eigenvalue weighted by Gasteiger charge is -2.22. The Labute approximate surface area is 213 Å². The number of halogens is 1. The topological polar surface area (TPSA) is 72.5 Å². The van der Waals surface area contributed by atoms with Crippen LogP contribution in [0.3, 0.4) is 0 Å². The van der Waals surface area contributed by atoms with E-state index >= 15 is 0 Å². The Kier molecular flexibility index (Phi) is 8.29. The third-order valence-electron chi connectivity index (χ3n) is 5.75. The summed E-state index contributed by atoms with van der Waals surface area (Å²) >= 11 is 5.87. The second-order valence-electron chi connectivity index (χ2n) is 9.52. The number of carbonyl (C=O) groups excluding carboxylic acids is 1. The molecule has 0 unspecified atom stereocenters. The van der Waals surface area contributed by atoms with E-state index in [1.54, 1.807) is 36.4 Å². The minimum atomic E-state index is -4.09. The lowest BCUT2D eigenvalue weighted by Crippen LogP contribution is -2.17. The molecule has 0 radical (unpaired) electrons. The van der Waals surface area contributed by atoms with Gasteiger partial charge >= 0.3 is 10.1 Å². The molecule has 0 bridgehead atoms. The first-order chi connectivity index (χ1) is 16.4. The number of benzene rings is 3. The SMILES string of the molecule is CC(C)c1cc(C(C)C)c(S(=O)(=O)Oc2ccc(NC(=O)c3ccc(Cl)cc3)cc2)c(C(C)C)c1. The van der Waals surface area contributed by atoms with Gasteiger partial charge in [0.15, 0.2) is 0 Å². The predicted octanol–water partition coefficient (Wildman–Crippen LogP) is 7.73. The van der Waals surface area contributed by atoms with Gasteiger partial charge in [-0.25, -0.2) is 0 Å². The summed E-state index contributed by atoms with van der Waals surface area (Å²) in [5.41, 5.74) is 3.60. The van der Waals surface area contributed by atoms with Crippen molar-refractivity contribution in [3.63, 3.8) is 0 Å². The van der Waals surface area contributed by atoms with Crippen LogP contribution in [0.2, 0.25) is 5.02 Å². The minimum Gasteiger partial charge on any atom is -0.379 e.